The molecule has 18 heavy (non-hydrogen) atoms. The number of likely N-dealkylation sites (tertiary alicyclic amines) is 1. The van der Waals surface area contributed by atoms with Crippen LogP contribution in [0.5, 0.6) is 0 Å². The number of hydrogen-bond donors (Lipinski definition) is 1. The van der Waals surface area contributed by atoms with Crippen LogP contribution in [0.1, 0.15) is 25.8 Å². The van der Waals surface area contributed by atoms with Gasteiger partial charge in [-0.3, -0.25) is 4.90 Å². The van der Waals surface area contributed by atoms with Crippen molar-refractivity contribution in [2.75, 3.05) is 19.6 Å². The summed E-state index contributed by atoms with van der Waals surface area (Å²) in [6, 6.07) is 7.64. The normalized spacial score (nSPS) is 25.3. The van der Waals surface area contributed by atoms with Gasteiger partial charge in [0.05, 0.1) is 0 Å². The highest BCUT2D eigenvalue weighted by molar-refractivity contribution is 5.17. The van der Waals surface area contributed by atoms with Gasteiger partial charge in [0.15, 0.2) is 0 Å². The number of piperidine rings is 1. The summed E-state index contributed by atoms with van der Waals surface area (Å²) in [6.45, 7) is 8.23. The van der Waals surface area contributed by atoms with E-state index in [0.29, 0.717) is 12.0 Å². The Morgan fingerprint density at radius 1 is 1.33 bits per heavy atom. The molecule has 0 amide bonds. The van der Waals surface area contributed by atoms with E-state index in [0.717, 1.165) is 31.7 Å². The van der Waals surface area contributed by atoms with Crippen LogP contribution in [-0.2, 0) is 6.54 Å². The minimum absolute atomic E-state index is 0.0873. The monoisotopic (exact) mass is 250 g/mol. The van der Waals surface area contributed by atoms with Crippen LogP contribution in [0, 0.1) is 11.7 Å². The van der Waals surface area contributed by atoms with Crippen LogP contribution in [-0.4, -0.2) is 30.6 Å². The molecule has 0 aliphatic carbocycles. The van der Waals surface area contributed by atoms with Crippen molar-refractivity contribution < 1.29 is 4.39 Å². The van der Waals surface area contributed by atoms with Crippen LogP contribution in [0.3, 0.4) is 0 Å². The average molecular weight is 250 g/mol. The van der Waals surface area contributed by atoms with E-state index in [1.807, 2.05) is 12.1 Å². The molecule has 1 N–H and O–H groups in total. The maximum atomic E-state index is 13.6. The van der Waals surface area contributed by atoms with E-state index < -0.39 is 0 Å². The van der Waals surface area contributed by atoms with E-state index in [4.69, 9.17) is 0 Å². The predicted molar refractivity (Wildman–Crippen MR) is 72.9 cm³/mol. The average Bonchev–Trinajstić information content (AvgIpc) is 2.32. The van der Waals surface area contributed by atoms with Gasteiger partial charge in [-0.25, -0.2) is 4.39 Å². The van der Waals surface area contributed by atoms with E-state index in [1.54, 1.807) is 12.1 Å². The van der Waals surface area contributed by atoms with E-state index in [-0.39, 0.29) is 5.82 Å². The SMILES string of the molecule is CCNC1CC(C)CN(Cc2ccccc2F)C1. The third-order valence-electron chi connectivity index (χ3n) is 3.58. The fraction of sp³-hybridized carbons (Fsp3) is 0.600. The van der Waals surface area contributed by atoms with Gasteiger partial charge in [-0.15, -0.1) is 0 Å². The van der Waals surface area contributed by atoms with Crippen molar-refractivity contribution in [3.8, 4) is 0 Å². The molecule has 1 aromatic rings. The number of halogens is 1. The van der Waals surface area contributed by atoms with Crippen LogP contribution in [0.4, 0.5) is 4.39 Å². The minimum Gasteiger partial charge on any atom is -0.313 e. The van der Waals surface area contributed by atoms with Crippen molar-refractivity contribution in [3.05, 3.63) is 35.6 Å². The smallest absolute Gasteiger partial charge is 0.127 e. The third-order valence-corrected chi connectivity index (χ3v) is 3.58. The molecule has 1 fully saturated rings. The number of nitrogens with one attached hydrogen (secondary N) is 1. The minimum atomic E-state index is -0.0873. The molecule has 100 valence electrons. The van der Waals surface area contributed by atoms with Gasteiger partial charge in [0, 0.05) is 31.2 Å². The lowest BCUT2D eigenvalue weighted by Crippen LogP contribution is -2.48. The molecule has 2 unspecified atom stereocenters. The summed E-state index contributed by atoms with van der Waals surface area (Å²) in [5.41, 5.74) is 0.807. The van der Waals surface area contributed by atoms with E-state index in [2.05, 4.69) is 24.1 Å². The van der Waals surface area contributed by atoms with Crippen LogP contribution in [0.2, 0.25) is 0 Å². The van der Waals surface area contributed by atoms with Gasteiger partial charge < -0.3 is 5.32 Å². The Hall–Kier alpha value is -0.930. The molecule has 0 bridgehead atoms. The molecule has 1 aliphatic rings. The first-order valence-corrected chi connectivity index (χ1v) is 6.88. The number of nitrogens with zero attached hydrogens (tertiary/aromatic N) is 1. The zero-order valence-corrected chi connectivity index (χ0v) is 11.3. The molecule has 3 heteroatoms. The van der Waals surface area contributed by atoms with Crippen molar-refractivity contribution in [2.45, 2.75) is 32.9 Å². The second-order valence-electron chi connectivity index (χ2n) is 5.38. The maximum absolute atomic E-state index is 13.6. The summed E-state index contributed by atoms with van der Waals surface area (Å²) in [5, 5.41) is 3.51. The van der Waals surface area contributed by atoms with Gasteiger partial charge in [-0.1, -0.05) is 32.0 Å². The molecular formula is C15H23FN2. The van der Waals surface area contributed by atoms with Crippen LogP contribution in [0.25, 0.3) is 0 Å². The third kappa shape index (κ3) is 3.53. The quantitative estimate of drug-likeness (QED) is 0.883. The highest BCUT2D eigenvalue weighted by atomic mass is 19.1. The van der Waals surface area contributed by atoms with Gasteiger partial charge in [0.1, 0.15) is 5.82 Å². The Bertz CT molecular complexity index is 381. The topological polar surface area (TPSA) is 15.3 Å². The summed E-state index contributed by atoms with van der Waals surface area (Å²) in [6.07, 6.45) is 1.22. The summed E-state index contributed by atoms with van der Waals surface area (Å²) < 4.78 is 13.6. The molecule has 0 saturated carbocycles. The number of benzene rings is 1. The molecule has 1 aromatic carbocycles. The van der Waals surface area contributed by atoms with Crippen LogP contribution in [0.15, 0.2) is 24.3 Å². The Morgan fingerprint density at radius 3 is 2.83 bits per heavy atom. The Morgan fingerprint density at radius 2 is 2.11 bits per heavy atom. The summed E-state index contributed by atoms with van der Waals surface area (Å²) in [5.74, 6) is 0.588. The molecule has 1 saturated heterocycles. The first kappa shape index (κ1) is 13.5. The Balaban J connectivity index is 1.98. The molecular weight excluding hydrogens is 227 g/mol. The lowest BCUT2D eigenvalue weighted by Gasteiger charge is -2.36. The number of likely N-dealkylation sites (N-methyl/N-ethyl adjacent to an activating group) is 1. The second kappa shape index (κ2) is 6.30. The fourth-order valence-corrected chi connectivity index (χ4v) is 2.89. The zero-order chi connectivity index (χ0) is 13.0. The number of hydrogen-bond acceptors (Lipinski definition) is 2. The zero-order valence-electron chi connectivity index (χ0n) is 11.3. The standard InChI is InChI=1S/C15H23FN2/c1-3-17-14-8-12(2)9-18(11-14)10-13-6-4-5-7-15(13)16/h4-7,12,14,17H,3,8-11H2,1-2H3. The Kier molecular flexibility index (Phi) is 4.72. The first-order chi connectivity index (χ1) is 8.69. The molecule has 2 rings (SSSR count). The van der Waals surface area contributed by atoms with Gasteiger partial charge in [0.25, 0.3) is 0 Å². The lowest BCUT2D eigenvalue weighted by molar-refractivity contribution is 0.142. The van der Waals surface area contributed by atoms with E-state index in [9.17, 15) is 4.39 Å². The highest BCUT2D eigenvalue weighted by Crippen LogP contribution is 2.19. The highest BCUT2D eigenvalue weighted by Gasteiger charge is 2.24. The predicted octanol–water partition coefficient (Wildman–Crippen LogP) is 2.65. The molecule has 2 atom stereocenters. The van der Waals surface area contributed by atoms with Crippen molar-refractivity contribution in [1.29, 1.82) is 0 Å². The molecule has 2 nitrogen and oxygen atoms in total. The van der Waals surface area contributed by atoms with E-state index >= 15 is 0 Å². The summed E-state index contributed by atoms with van der Waals surface area (Å²) >= 11 is 0. The second-order valence-corrected chi connectivity index (χ2v) is 5.38. The van der Waals surface area contributed by atoms with Gasteiger partial charge in [0.2, 0.25) is 0 Å². The fourth-order valence-electron chi connectivity index (χ4n) is 2.89. The maximum Gasteiger partial charge on any atom is 0.127 e. The van der Waals surface area contributed by atoms with Crippen LogP contribution < -0.4 is 5.32 Å². The van der Waals surface area contributed by atoms with E-state index in [1.165, 1.54) is 6.42 Å². The van der Waals surface area contributed by atoms with Crippen molar-refractivity contribution in [1.82, 2.24) is 10.2 Å². The molecule has 0 aromatic heterocycles. The summed E-state index contributed by atoms with van der Waals surface area (Å²) in [7, 11) is 0. The van der Waals surface area contributed by atoms with Gasteiger partial charge in [-0.2, -0.15) is 0 Å². The largest absolute Gasteiger partial charge is 0.313 e. The van der Waals surface area contributed by atoms with Crippen molar-refractivity contribution in [2.24, 2.45) is 5.92 Å². The lowest BCUT2D eigenvalue weighted by atomic mass is 9.95. The Labute approximate surface area is 109 Å². The molecule has 0 radical (unpaired) electrons. The van der Waals surface area contributed by atoms with Gasteiger partial charge >= 0.3 is 0 Å². The van der Waals surface area contributed by atoms with Crippen molar-refractivity contribution >= 4 is 0 Å². The molecule has 0 spiro atoms. The van der Waals surface area contributed by atoms with Gasteiger partial charge in [-0.05, 0) is 24.9 Å². The molecule has 1 heterocycles. The number of rotatable bonds is 4. The van der Waals surface area contributed by atoms with Crippen LogP contribution >= 0.6 is 0 Å². The molecule has 1 aliphatic heterocycles. The van der Waals surface area contributed by atoms with Crippen molar-refractivity contribution in [3.63, 3.8) is 0 Å². The first-order valence-electron chi connectivity index (χ1n) is 6.88. The summed E-state index contributed by atoms with van der Waals surface area (Å²) in [4.78, 5) is 2.36.